The van der Waals surface area contributed by atoms with Crippen LogP contribution in [-0.4, -0.2) is 98.9 Å². The van der Waals surface area contributed by atoms with Crippen molar-refractivity contribution in [3.63, 3.8) is 0 Å². The Morgan fingerprint density at radius 3 is 1.86 bits per heavy atom. The molecule has 2 aromatic carbocycles. The first-order valence-electron chi connectivity index (χ1n) is 17.3. The average molecular weight is 756 g/mol. The molecule has 0 saturated carbocycles. The van der Waals surface area contributed by atoms with Crippen molar-refractivity contribution in [3.8, 4) is 0 Å². The predicted molar refractivity (Wildman–Crippen MR) is 204 cm³/mol. The van der Waals surface area contributed by atoms with Gasteiger partial charge in [-0.05, 0) is 127 Å². The summed E-state index contributed by atoms with van der Waals surface area (Å²) in [4.78, 5) is 32.1. The smallest absolute Gasteiger partial charge is 0.443 e. The molecule has 4 rings (SSSR count). The molecule has 0 fully saturated rings. The Hall–Kier alpha value is -2.92. The Labute approximate surface area is 312 Å². The molecule has 2 aliphatic rings. The number of aliphatic imine (C=N–C) groups is 1. The van der Waals surface area contributed by atoms with Crippen molar-refractivity contribution in [1.82, 2.24) is 14.7 Å². The second kappa shape index (κ2) is 20.4. The summed E-state index contributed by atoms with van der Waals surface area (Å²) in [6, 6.07) is 12.5. The van der Waals surface area contributed by atoms with Gasteiger partial charge in [0.2, 0.25) is 6.29 Å². The topological polar surface area (TPSA) is 65.5 Å². The van der Waals surface area contributed by atoms with Crippen molar-refractivity contribution in [3.05, 3.63) is 74.8 Å². The predicted octanol–water partition coefficient (Wildman–Crippen LogP) is 9.47. The van der Waals surface area contributed by atoms with Gasteiger partial charge in [-0.1, -0.05) is 67.4 Å². The fraction of sp³-hybridized carbons (Fsp3) is 0.564. The standard InChI is InChI=1S/C21H31ClN2O2.C16H23ClN2.C2HF3O/c1-15-7-10-19(24(14-15)20(25)26-21(2,3)4)17-9-8-16(18(22)13-17)11-12-23(5)6;1-12-4-7-16(18-11-12)14-6-5-13(15(17)10-14)8-9-19(2)3;3-2(4,5)1-6/h8-10,13,15H,7,11-12,14H2,1-6H3;5-6,10,12H,4,7-9,11H2,1-3H3;1H/t15-;12-;/m00./s1. The molecule has 0 bridgehead atoms. The highest BCUT2D eigenvalue weighted by molar-refractivity contribution is 6.32. The van der Waals surface area contributed by atoms with E-state index in [0.717, 1.165) is 78.1 Å². The van der Waals surface area contributed by atoms with Gasteiger partial charge >= 0.3 is 12.3 Å². The van der Waals surface area contributed by atoms with Gasteiger partial charge in [-0.3, -0.25) is 14.7 Å². The van der Waals surface area contributed by atoms with Gasteiger partial charge in [-0.25, -0.2) is 4.79 Å². The third-order valence-corrected chi connectivity index (χ3v) is 8.81. The maximum Gasteiger partial charge on any atom is 0.446 e. The van der Waals surface area contributed by atoms with Crippen LogP contribution in [0, 0.1) is 11.8 Å². The molecule has 0 aliphatic carbocycles. The Bertz CT molecular complexity index is 1500. The van der Waals surface area contributed by atoms with Crippen LogP contribution in [-0.2, 0) is 22.4 Å². The Balaban J connectivity index is 0.000000315. The van der Waals surface area contributed by atoms with E-state index in [9.17, 15) is 18.0 Å². The summed E-state index contributed by atoms with van der Waals surface area (Å²) < 4.78 is 36.9. The fourth-order valence-electron chi connectivity index (χ4n) is 5.25. The highest BCUT2D eigenvalue weighted by Crippen LogP contribution is 2.32. The van der Waals surface area contributed by atoms with Crippen LogP contribution in [0.5, 0.6) is 0 Å². The number of aldehydes is 1. The minimum atomic E-state index is -4.64. The highest BCUT2D eigenvalue weighted by atomic mass is 35.5. The molecule has 0 radical (unpaired) electrons. The summed E-state index contributed by atoms with van der Waals surface area (Å²) in [6.45, 7) is 13.6. The molecule has 0 N–H and O–H groups in total. The van der Waals surface area contributed by atoms with Crippen LogP contribution in [0.2, 0.25) is 10.0 Å². The molecule has 51 heavy (non-hydrogen) atoms. The number of ether oxygens (including phenoxy) is 1. The van der Waals surface area contributed by atoms with Gasteiger partial charge in [0.05, 0.1) is 5.70 Å². The van der Waals surface area contributed by atoms with Crippen LogP contribution in [0.1, 0.15) is 76.1 Å². The van der Waals surface area contributed by atoms with Crippen molar-refractivity contribution in [1.29, 1.82) is 0 Å². The number of carbonyl (C=O) groups excluding carboxylic acids is 2. The number of alkyl halides is 3. The molecule has 2 heterocycles. The van der Waals surface area contributed by atoms with E-state index in [1.54, 1.807) is 4.90 Å². The molecule has 7 nitrogen and oxygen atoms in total. The second-order valence-corrected chi connectivity index (χ2v) is 15.6. The number of amides is 1. The zero-order chi connectivity index (χ0) is 38.5. The first-order valence-corrected chi connectivity index (χ1v) is 18.1. The van der Waals surface area contributed by atoms with Gasteiger partial charge in [-0.15, -0.1) is 0 Å². The number of hydrogen-bond acceptors (Lipinski definition) is 6. The number of benzene rings is 2. The maximum absolute atomic E-state index is 12.7. The van der Waals surface area contributed by atoms with Crippen LogP contribution in [0.15, 0.2) is 47.5 Å². The molecule has 2 aliphatic heterocycles. The Morgan fingerprint density at radius 1 is 0.922 bits per heavy atom. The molecule has 284 valence electrons. The van der Waals surface area contributed by atoms with Crippen LogP contribution in [0.3, 0.4) is 0 Å². The summed E-state index contributed by atoms with van der Waals surface area (Å²) in [5, 5.41) is 1.62. The van der Waals surface area contributed by atoms with Crippen LogP contribution < -0.4 is 0 Å². The van der Waals surface area contributed by atoms with Crippen LogP contribution in [0.4, 0.5) is 18.0 Å². The summed E-state index contributed by atoms with van der Waals surface area (Å²) in [7, 11) is 8.27. The van der Waals surface area contributed by atoms with Gasteiger partial charge < -0.3 is 14.5 Å². The number of allylic oxidation sites excluding steroid dienone is 1. The third-order valence-electron chi connectivity index (χ3n) is 8.11. The van der Waals surface area contributed by atoms with E-state index in [0.29, 0.717) is 12.5 Å². The molecule has 2 aromatic rings. The van der Waals surface area contributed by atoms with Crippen molar-refractivity contribution < 1.29 is 27.5 Å². The summed E-state index contributed by atoms with van der Waals surface area (Å²) >= 11 is 12.9. The van der Waals surface area contributed by atoms with Crippen LogP contribution >= 0.6 is 23.2 Å². The van der Waals surface area contributed by atoms with Crippen molar-refractivity contribution >= 4 is 47.0 Å². The van der Waals surface area contributed by atoms with Gasteiger partial charge in [0, 0.05) is 41.9 Å². The zero-order valence-electron chi connectivity index (χ0n) is 31.5. The highest BCUT2D eigenvalue weighted by Gasteiger charge is 2.29. The van der Waals surface area contributed by atoms with Crippen molar-refractivity contribution in [2.24, 2.45) is 16.8 Å². The number of halogens is 5. The summed E-state index contributed by atoms with van der Waals surface area (Å²) in [5.41, 5.74) is 6.10. The normalized spacial score (nSPS) is 17.8. The SMILES string of the molecule is C[C@H]1CC=C(c2ccc(CCN(C)C)c(Cl)c2)N(C(=O)OC(C)(C)C)C1.C[C@H]1CCC(c2ccc(CCN(C)C)c(Cl)c2)=NC1.O=CC(F)(F)F. The van der Waals surface area contributed by atoms with Crippen LogP contribution in [0.25, 0.3) is 5.70 Å². The van der Waals surface area contributed by atoms with E-state index >= 15 is 0 Å². The molecule has 1 amide bonds. The molecular weight excluding hydrogens is 700 g/mol. The zero-order valence-corrected chi connectivity index (χ0v) is 33.1. The van der Waals surface area contributed by atoms with E-state index in [2.05, 4.69) is 93.2 Å². The molecule has 12 heteroatoms. The van der Waals surface area contributed by atoms with E-state index < -0.39 is 18.1 Å². The van der Waals surface area contributed by atoms with Gasteiger partial charge in [0.15, 0.2) is 0 Å². The molecule has 0 aromatic heterocycles. The van der Waals surface area contributed by atoms with Gasteiger partial charge in [-0.2, -0.15) is 13.2 Å². The summed E-state index contributed by atoms with van der Waals surface area (Å²) in [5.74, 6) is 1.12. The Morgan fingerprint density at radius 2 is 1.43 bits per heavy atom. The average Bonchev–Trinajstić information content (AvgIpc) is 3.03. The monoisotopic (exact) mass is 754 g/mol. The number of rotatable bonds is 8. The first-order chi connectivity index (χ1) is 23.7. The largest absolute Gasteiger partial charge is 0.446 e. The Kier molecular flexibility index (Phi) is 17.7. The summed E-state index contributed by atoms with van der Waals surface area (Å²) in [6.07, 6.45) is 1.26. The van der Waals surface area contributed by atoms with E-state index in [1.807, 2.05) is 26.8 Å². The number of carbonyl (C=O) groups is 2. The second-order valence-electron chi connectivity index (χ2n) is 14.8. The minimum Gasteiger partial charge on any atom is -0.443 e. The molecule has 0 saturated heterocycles. The quantitative estimate of drug-likeness (QED) is 0.251. The lowest BCUT2D eigenvalue weighted by Crippen LogP contribution is -2.39. The van der Waals surface area contributed by atoms with E-state index in [4.69, 9.17) is 32.7 Å². The first kappa shape index (κ1) is 44.2. The minimum absolute atomic E-state index is 0.303. The van der Waals surface area contributed by atoms with E-state index in [-0.39, 0.29) is 6.09 Å². The number of hydrogen-bond donors (Lipinski definition) is 0. The lowest BCUT2D eigenvalue weighted by Gasteiger charge is -2.34. The van der Waals surface area contributed by atoms with Gasteiger partial charge in [0.25, 0.3) is 0 Å². The molecule has 2 atom stereocenters. The lowest BCUT2D eigenvalue weighted by molar-refractivity contribution is -0.156. The van der Waals surface area contributed by atoms with Gasteiger partial charge in [0.1, 0.15) is 5.60 Å². The fourth-order valence-corrected chi connectivity index (χ4v) is 5.80. The lowest BCUT2D eigenvalue weighted by atomic mass is 9.95. The molecule has 0 unspecified atom stereocenters. The maximum atomic E-state index is 12.7. The number of nitrogens with zero attached hydrogens (tertiary/aromatic N) is 4. The number of likely N-dealkylation sites (N-methyl/N-ethyl adjacent to an activating group) is 2. The van der Waals surface area contributed by atoms with Crippen molar-refractivity contribution in [2.45, 2.75) is 78.5 Å². The van der Waals surface area contributed by atoms with Crippen molar-refractivity contribution in [2.75, 3.05) is 54.4 Å². The molecule has 0 spiro atoms. The third kappa shape index (κ3) is 16.5. The van der Waals surface area contributed by atoms with E-state index in [1.165, 1.54) is 23.3 Å². The molecular formula is C39H55Cl2F3N4O3.